The number of hydrogen-bond acceptors (Lipinski definition) is 7. The molecule has 0 aliphatic heterocycles. The number of aromatic nitrogens is 2. The summed E-state index contributed by atoms with van der Waals surface area (Å²) in [6.45, 7) is 0. The summed E-state index contributed by atoms with van der Waals surface area (Å²) < 4.78 is 11.7. The van der Waals surface area contributed by atoms with E-state index >= 15 is 0 Å². The molecule has 5 rings (SSSR count). The van der Waals surface area contributed by atoms with Gasteiger partial charge in [0.25, 0.3) is 0 Å². The van der Waals surface area contributed by atoms with E-state index in [9.17, 15) is 14.9 Å². The molecule has 10 heteroatoms. The Bertz CT molecular complexity index is 1500. The summed E-state index contributed by atoms with van der Waals surface area (Å²) in [7, 11) is 1.58. The molecule has 2 aromatic carbocycles. The molecule has 1 unspecified atom stereocenters. The fraction of sp³-hybridized carbons (Fsp3) is 0.259. The molecule has 1 aliphatic rings. The third-order valence-electron chi connectivity index (χ3n) is 6.41. The van der Waals surface area contributed by atoms with Crippen LogP contribution in [0.3, 0.4) is 0 Å². The molecule has 0 bridgehead atoms. The average molecular weight is 534 g/mol. The quantitative estimate of drug-likeness (QED) is 0.253. The minimum atomic E-state index is -0.508. The predicted molar refractivity (Wildman–Crippen MR) is 142 cm³/mol. The summed E-state index contributed by atoms with van der Waals surface area (Å²) in [6, 6.07) is 19.9. The van der Waals surface area contributed by atoms with Crippen LogP contribution in [0.15, 0.2) is 68.9 Å². The van der Waals surface area contributed by atoms with Crippen molar-refractivity contribution in [1.29, 1.82) is 5.26 Å². The van der Waals surface area contributed by atoms with Crippen LogP contribution in [0.25, 0.3) is 5.69 Å². The molecular weight excluding hydrogens is 508 g/mol. The number of hydrogen-bond donors (Lipinski definition) is 2. The lowest BCUT2D eigenvalue weighted by Crippen LogP contribution is -2.36. The number of thioether (sulfide) groups is 1. The number of nitrogens with zero attached hydrogens (tertiary/aromatic N) is 2. The van der Waals surface area contributed by atoms with Gasteiger partial charge in [0.05, 0.1) is 12.7 Å². The summed E-state index contributed by atoms with van der Waals surface area (Å²) in [5, 5.41) is 16.3. The van der Waals surface area contributed by atoms with E-state index in [1.165, 1.54) is 38.2 Å². The smallest absolute Gasteiger partial charge is 0.442 e. The molecule has 4 aromatic rings. The van der Waals surface area contributed by atoms with Gasteiger partial charge in [0.2, 0.25) is 11.6 Å². The van der Waals surface area contributed by atoms with Crippen molar-refractivity contribution < 1.29 is 18.7 Å². The summed E-state index contributed by atoms with van der Waals surface area (Å²) >= 11 is 2.74. The Kier molecular flexibility index (Phi) is 7.44. The summed E-state index contributed by atoms with van der Waals surface area (Å²) in [5.41, 5.74) is 3.15. The van der Waals surface area contributed by atoms with Crippen molar-refractivity contribution >= 4 is 34.0 Å². The number of H-pyrrole nitrogens is 1. The van der Waals surface area contributed by atoms with E-state index in [0.717, 1.165) is 24.8 Å². The van der Waals surface area contributed by atoms with E-state index in [-0.39, 0.29) is 12.3 Å². The lowest BCUT2D eigenvalue weighted by Gasteiger charge is -2.22. The van der Waals surface area contributed by atoms with Crippen LogP contribution >= 0.6 is 23.1 Å². The van der Waals surface area contributed by atoms with Gasteiger partial charge < -0.3 is 10.1 Å². The summed E-state index contributed by atoms with van der Waals surface area (Å²) in [4.78, 5) is 26.2. The highest BCUT2D eigenvalue weighted by molar-refractivity contribution is 7.99. The molecule has 0 fully saturated rings. The molecule has 0 spiro atoms. The van der Waals surface area contributed by atoms with Crippen molar-refractivity contribution in [1.82, 2.24) is 5.27 Å². The molecule has 1 atom stereocenters. The second kappa shape index (κ2) is 11.1. The first-order valence-corrected chi connectivity index (χ1v) is 13.7. The number of rotatable bonds is 8. The largest absolute Gasteiger partial charge is 0.497 e. The molecule has 0 radical (unpaired) electrons. The molecule has 1 aliphatic carbocycles. The number of benzene rings is 2. The highest BCUT2D eigenvalue weighted by Crippen LogP contribution is 2.42. The first-order valence-electron chi connectivity index (χ1n) is 11.9. The molecule has 1 amide bonds. The minimum Gasteiger partial charge on any atom is -0.497 e. The molecule has 0 saturated heterocycles. The minimum absolute atomic E-state index is 0.179. The van der Waals surface area contributed by atoms with Crippen molar-refractivity contribution in [2.24, 2.45) is 0 Å². The second-order valence-electron chi connectivity index (χ2n) is 8.64. The number of methoxy groups -OCH3 is 1. The fourth-order valence-corrected chi connectivity index (χ4v) is 6.73. The van der Waals surface area contributed by atoms with Gasteiger partial charge in [-0.15, -0.1) is 11.3 Å². The maximum absolute atomic E-state index is 12.8. The average Bonchev–Trinajstić information content (AvgIpc) is 3.47. The Morgan fingerprint density at radius 2 is 2.05 bits per heavy atom. The van der Waals surface area contributed by atoms with Crippen LogP contribution in [0.5, 0.6) is 5.75 Å². The van der Waals surface area contributed by atoms with E-state index in [4.69, 9.17) is 9.26 Å². The van der Waals surface area contributed by atoms with Crippen LogP contribution in [0.4, 0.5) is 5.00 Å². The zero-order valence-corrected chi connectivity index (χ0v) is 21.8. The van der Waals surface area contributed by atoms with Crippen LogP contribution in [-0.2, 0) is 17.6 Å². The molecule has 37 heavy (non-hydrogen) atoms. The Morgan fingerprint density at radius 3 is 2.78 bits per heavy atom. The van der Waals surface area contributed by atoms with E-state index in [1.54, 1.807) is 31.4 Å². The van der Waals surface area contributed by atoms with Gasteiger partial charge >= 0.3 is 10.7 Å². The first-order chi connectivity index (χ1) is 18.1. The summed E-state index contributed by atoms with van der Waals surface area (Å²) in [6.07, 6.45) is 2.87. The van der Waals surface area contributed by atoms with E-state index in [1.807, 2.05) is 6.07 Å². The van der Waals surface area contributed by atoms with Crippen molar-refractivity contribution in [2.75, 3.05) is 18.2 Å². The summed E-state index contributed by atoms with van der Waals surface area (Å²) in [5.74, 6) is 1.29. The number of carbonyl (C=O) groups is 1. The number of thiophene rings is 1. The lowest BCUT2D eigenvalue weighted by molar-refractivity contribution is -0.704. The molecule has 8 nitrogen and oxygen atoms in total. The van der Waals surface area contributed by atoms with Crippen LogP contribution in [0.2, 0.25) is 0 Å². The zero-order valence-electron chi connectivity index (χ0n) is 20.2. The molecule has 2 N–H and O–H groups in total. The first kappa shape index (κ1) is 24.9. The van der Waals surface area contributed by atoms with Crippen molar-refractivity contribution in [3.05, 3.63) is 86.6 Å². The number of nitrogens with one attached hydrogen (secondary N) is 2. The van der Waals surface area contributed by atoms with E-state index in [0.29, 0.717) is 38.7 Å². The normalized spacial score (nSPS) is 14.5. The van der Waals surface area contributed by atoms with Gasteiger partial charge in [-0.25, -0.2) is 4.79 Å². The Labute approximate surface area is 221 Å². The van der Waals surface area contributed by atoms with Crippen molar-refractivity contribution in [3.63, 3.8) is 0 Å². The van der Waals surface area contributed by atoms with Gasteiger partial charge in [-0.2, -0.15) is 5.26 Å². The number of ether oxygens (including phenoxy) is 1. The fourth-order valence-electron chi connectivity index (χ4n) is 4.52. The highest BCUT2D eigenvalue weighted by atomic mass is 32.2. The van der Waals surface area contributed by atoms with Gasteiger partial charge in [0.15, 0.2) is 0 Å². The van der Waals surface area contributed by atoms with Gasteiger partial charge in [-0.3, -0.25) is 9.32 Å². The van der Waals surface area contributed by atoms with Gasteiger partial charge in [0, 0.05) is 29.2 Å². The van der Waals surface area contributed by atoms with Crippen molar-refractivity contribution in [2.45, 2.75) is 36.6 Å². The van der Waals surface area contributed by atoms with Gasteiger partial charge in [0.1, 0.15) is 16.8 Å². The number of amides is 1. The second-order valence-corrected chi connectivity index (χ2v) is 10.8. The zero-order chi connectivity index (χ0) is 25.8. The number of nitriles is 1. The van der Waals surface area contributed by atoms with E-state index in [2.05, 4.69) is 40.9 Å². The molecule has 0 saturated carbocycles. The molecular formula is C27H25N4O4S2+. The number of carbonyl (C=O) groups excluding carboxylic acids is 1. The number of anilines is 1. The van der Waals surface area contributed by atoms with Crippen LogP contribution in [0.1, 0.15) is 40.3 Å². The van der Waals surface area contributed by atoms with Crippen LogP contribution < -0.4 is 20.4 Å². The highest BCUT2D eigenvalue weighted by Gasteiger charge is 2.28. The van der Waals surface area contributed by atoms with Gasteiger partial charge in [-0.05, 0) is 70.2 Å². The number of fused-ring (bicyclic) bond motifs is 1. The molecule has 188 valence electrons. The predicted octanol–water partition coefficient (Wildman–Crippen LogP) is 4.58. The molecule has 2 heterocycles. The maximum atomic E-state index is 12.8. The van der Waals surface area contributed by atoms with Crippen LogP contribution in [0, 0.1) is 11.3 Å². The SMILES string of the molecule is COc1ccc(-[n+]2[nH]oc(=O)c2SCCC(=O)Nc2sc3c(c2C#N)CCC(c2ccccc2)C3)cc1. The Hall–Kier alpha value is -3.81. The Balaban J connectivity index is 1.22. The third-order valence-corrected chi connectivity index (χ3v) is 8.61. The van der Waals surface area contributed by atoms with Gasteiger partial charge in [-0.1, -0.05) is 30.3 Å². The Morgan fingerprint density at radius 1 is 1.27 bits per heavy atom. The van der Waals surface area contributed by atoms with Crippen LogP contribution in [-0.4, -0.2) is 24.0 Å². The number of aromatic amines is 1. The standard InChI is InChI=1S/C27H24N4O4S2/c1-34-20-10-8-19(9-11-20)31-26(27(33)35-30-31)36-14-13-24(32)29-25-22(16-28)21-12-7-18(15-23(21)37-25)17-5-3-2-4-6-17/h2-6,8-11,18H,7,12-15H2,1H3,(H-,29,30,32,33)/p+1. The molecule has 2 aromatic heterocycles. The topological polar surface area (TPSA) is 112 Å². The van der Waals surface area contributed by atoms with Crippen molar-refractivity contribution in [3.8, 4) is 17.5 Å². The maximum Gasteiger partial charge on any atom is 0.442 e. The lowest BCUT2D eigenvalue weighted by atomic mass is 9.83. The monoisotopic (exact) mass is 533 g/mol. The third kappa shape index (κ3) is 5.33. The van der Waals surface area contributed by atoms with E-state index < -0.39 is 5.63 Å².